The van der Waals surface area contributed by atoms with Crippen LogP contribution in [-0.4, -0.2) is 16.4 Å². The van der Waals surface area contributed by atoms with Crippen molar-refractivity contribution in [2.75, 3.05) is 10.6 Å². The first-order valence-corrected chi connectivity index (χ1v) is 7.53. The van der Waals surface area contributed by atoms with Crippen LogP contribution < -0.4 is 15.3 Å². The van der Waals surface area contributed by atoms with Gasteiger partial charge >= 0.3 is 11.9 Å². The summed E-state index contributed by atoms with van der Waals surface area (Å²) in [6.07, 6.45) is 0.702. The molecule has 0 fully saturated rings. The number of aromatic nitrogens is 2. The number of hydrogen-bond acceptors (Lipinski definition) is 4. The molecule has 2 aromatic carbocycles. The van der Waals surface area contributed by atoms with E-state index < -0.39 is 12.1 Å². The Labute approximate surface area is 142 Å². The lowest BCUT2D eigenvalue weighted by Crippen LogP contribution is -2.37. The van der Waals surface area contributed by atoms with E-state index in [1.807, 2.05) is 18.2 Å². The van der Waals surface area contributed by atoms with E-state index in [1.165, 1.54) is 35.1 Å². The highest BCUT2D eigenvalue weighted by molar-refractivity contribution is 5.98. The molecule has 3 aromatic rings. The van der Waals surface area contributed by atoms with E-state index in [-0.39, 0.29) is 18.2 Å². The summed E-state index contributed by atoms with van der Waals surface area (Å²) in [5.74, 6) is -0.279. The standard InChI is InChI=1S/C17H15FN4O3/c18-13-6-8-14(9-7-13)19-17(24)20-16-11-22(21-25-16)10-15(23)12-4-2-1-3-5-12/h1-9,11,15,23H,10H2,(H-,19,20,21,24)/p+1. The number of halogens is 1. The van der Waals surface area contributed by atoms with Crippen LogP contribution in [0.2, 0.25) is 0 Å². The minimum atomic E-state index is -0.753. The fourth-order valence-corrected chi connectivity index (χ4v) is 2.19. The number of rotatable bonds is 5. The summed E-state index contributed by atoms with van der Waals surface area (Å²) in [6.45, 7) is 0.175. The fourth-order valence-electron chi connectivity index (χ4n) is 2.19. The van der Waals surface area contributed by atoms with Crippen molar-refractivity contribution in [3.63, 3.8) is 0 Å². The molecule has 0 bridgehead atoms. The molecule has 1 atom stereocenters. The van der Waals surface area contributed by atoms with Gasteiger partial charge in [-0.15, -0.1) is 0 Å². The van der Waals surface area contributed by atoms with Crippen LogP contribution >= 0.6 is 0 Å². The highest BCUT2D eigenvalue weighted by Gasteiger charge is 2.19. The van der Waals surface area contributed by atoms with Crippen molar-refractivity contribution in [3.8, 4) is 0 Å². The van der Waals surface area contributed by atoms with Crippen LogP contribution in [0.15, 0.2) is 65.3 Å². The van der Waals surface area contributed by atoms with Gasteiger partial charge in [0.15, 0.2) is 0 Å². The Morgan fingerprint density at radius 1 is 1.16 bits per heavy atom. The molecule has 2 amide bonds. The molecule has 8 heteroatoms. The molecule has 0 spiro atoms. The van der Waals surface area contributed by atoms with Gasteiger partial charge in [0.05, 0.1) is 0 Å². The van der Waals surface area contributed by atoms with Crippen LogP contribution in [0, 0.1) is 5.82 Å². The number of aliphatic hydroxyl groups excluding tert-OH is 1. The molecule has 25 heavy (non-hydrogen) atoms. The monoisotopic (exact) mass is 343 g/mol. The third-order valence-electron chi connectivity index (χ3n) is 3.39. The topological polar surface area (TPSA) is 91.3 Å². The summed E-state index contributed by atoms with van der Waals surface area (Å²) in [4.78, 5) is 11.9. The van der Waals surface area contributed by atoms with Gasteiger partial charge in [-0.2, -0.15) is 0 Å². The Morgan fingerprint density at radius 3 is 2.60 bits per heavy atom. The number of amides is 2. The van der Waals surface area contributed by atoms with Gasteiger partial charge in [-0.1, -0.05) is 30.3 Å². The van der Waals surface area contributed by atoms with Crippen molar-refractivity contribution >= 4 is 17.6 Å². The Balaban J connectivity index is 1.56. The van der Waals surface area contributed by atoms with Crippen LogP contribution in [0.4, 0.5) is 20.8 Å². The lowest BCUT2D eigenvalue weighted by atomic mass is 10.1. The van der Waals surface area contributed by atoms with Crippen LogP contribution in [0.5, 0.6) is 0 Å². The molecular formula is C17H16FN4O3+. The normalized spacial score (nSPS) is 11.8. The predicted molar refractivity (Wildman–Crippen MR) is 87.1 cm³/mol. The van der Waals surface area contributed by atoms with Crippen molar-refractivity contribution in [3.05, 3.63) is 72.2 Å². The molecule has 0 aliphatic rings. The van der Waals surface area contributed by atoms with Gasteiger partial charge in [-0.05, 0) is 34.5 Å². The zero-order valence-corrected chi connectivity index (χ0v) is 13.1. The zero-order chi connectivity index (χ0) is 17.6. The summed E-state index contributed by atoms with van der Waals surface area (Å²) >= 11 is 0. The second-order valence-electron chi connectivity index (χ2n) is 5.30. The van der Waals surface area contributed by atoms with E-state index >= 15 is 0 Å². The van der Waals surface area contributed by atoms with Gasteiger partial charge in [0.1, 0.15) is 11.9 Å². The Hall–Kier alpha value is -3.26. The maximum atomic E-state index is 12.8. The Morgan fingerprint density at radius 2 is 1.88 bits per heavy atom. The maximum Gasteiger partial charge on any atom is 0.326 e. The van der Waals surface area contributed by atoms with Crippen molar-refractivity contribution in [1.82, 2.24) is 5.27 Å². The number of aliphatic hydroxyl groups is 1. The second-order valence-corrected chi connectivity index (χ2v) is 5.30. The van der Waals surface area contributed by atoms with Crippen molar-refractivity contribution in [2.45, 2.75) is 12.6 Å². The zero-order valence-electron chi connectivity index (χ0n) is 13.1. The van der Waals surface area contributed by atoms with Crippen LogP contribution in [0.3, 0.4) is 0 Å². The van der Waals surface area contributed by atoms with Gasteiger partial charge < -0.3 is 10.4 Å². The largest absolute Gasteiger partial charge is 0.382 e. The smallest absolute Gasteiger partial charge is 0.326 e. The molecule has 1 aromatic heterocycles. The first-order valence-electron chi connectivity index (χ1n) is 7.53. The van der Waals surface area contributed by atoms with E-state index in [4.69, 9.17) is 4.52 Å². The SMILES string of the molecule is O=C(Nc1ccc(F)cc1)Nc1c[n+](CC(O)c2ccccc2)no1. The van der Waals surface area contributed by atoms with Crippen molar-refractivity contribution in [2.24, 2.45) is 0 Å². The number of carbonyl (C=O) groups is 1. The third-order valence-corrected chi connectivity index (χ3v) is 3.39. The molecule has 3 rings (SSSR count). The lowest BCUT2D eigenvalue weighted by Gasteiger charge is -2.04. The van der Waals surface area contributed by atoms with Gasteiger partial charge in [-0.3, -0.25) is 9.84 Å². The second kappa shape index (κ2) is 7.54. The molecular weight excluding hydrogens is 327 g/mol. The first kappa shape index (κ1) is 16.6. The van der Waals surface area contributed by atoms with E-state index in [0.717, 1.165) is 5.56 Å². The summed E-state index contributed by atoms with van der Waals surface area (Å²) < 4.78 is 19.2. The number of benzene rings is 2. The molecule has 3 N–H and O–H groups in total. The van der Waals surface area contributed by atoms with Crippen molar-refractivity contribution < 1.29 is 23.5 Å². The number of carbonyl (C=O) groups excluding carboxylic acids is 1. The molecule has 0 saturated heterocycles. The van der Waals surface area contributed by atoms with Crippen LogP contribution in [0.1, 0.15) is 11.7 Å². The summed E-state index contributed by atoms with van der Waals surface area (Å²) in [5, 5.41) is 18.9. The number of anilines is 2. The van der Waals surface area contributed by atoms with Crippen LogP contribution in [-0.2, 0) is 6.54 Å². The van der Waals surface area contributed by atoms with E-state index in [9.17, 15) is 14.3 Å². The quantitative estimate of drug-likeness (QED) is 0.621. The highest BCUT2D eigenvalue weighted by Crippen LogP contribution is 2.13. The number of nitrogens with one attached hydrogen (secondary N) is 2. The van der Waals surface area contributed by atoms with Gasteiger partial charge in [0.2, 0.25) is 11.8 Å². The average molecular weight is 343 g/mol. The third kappa shape index (κ3) is 4.61. The Kier molecular flexibility index (Phi) is 5.00. The Bertz CT molecular complexity index is 837. The predicted octanol–water partition coefficient (Wildman–Crippen LogP) is 2.48. The van der Waals surface area contributed by atoms with Gasteiger partial charge in [-0.25, -0.2) is 9.18 Å². The van der Waals surface area contributed by atoms with Gasteiger partial charge in [0.25, 0.3) is 6.20 Å². The average Bonchev–Trinajstić information content (AvgIpc) is 3.04. The van der Waals surface area contributed by atoms with Crippen LogP contribution in [0.25, 0.3) is 0 Å². The molecule has 0 radical (unpaired) electrons. The summed E-state index contributed by atoms with van der Waals surface area (Å²) in [6, 6.07) is 13.9. The minimum Gasteiger partial charge on any atom is -0.382 e. The molecule has 0 aliphatic heterocycles. The molecule has 1 unspecified atom stereocenters. The molecule has 0 saturated carbocycles. The summed E-state index contributed by atoms with van der Waals surface area (Å²) in [7, 11) is 0. The fraction of sp³-hybridized carbons (Fsp3) is 0.118. The van der Waals surface area contributed by atoms with E-state index in [1.54, 1.807) is 12.1 Å². The molecule has 7 nitrogen and oxygen atoms in total. The lowest BCUT2D eigenvalue weighted by molar-refractivity contribution is -0.768. The minimum absolute atomic E-state index is 0.111. The highest BCUT2D eigenvalue weighted by atomic mass is 19.1. The van der Waals surface area contributed by atoms with E-state index in [0.29, 0.717) is 5.69 Å². The first-order chi connectivity index (χ1) is 12.1. The number of hydrogen-bond donors (Lipinski definition) is 3. The van der Waals surface area contributed by atoms with E-state index in [2.05, 4.69) is 15.9 Å². The van der Waals surface area contributed by atoms with Crippen molar-refractivity contribution in [1.29, 1.82) is 0 Å². The maximum absolute atomic E-state index is 12.8. The summed E-state index contributed by atoms with van der Waals surface area (Å²) in [5.41, 5.74) is 1.19. The molecule has 128 valence electrons. The molecule has 0 aliphatic carbocycles. The number of nitrogens with zero attached hydrogens (tertiary/aromatic N) is 2. The number of urea groups is 1. The molecule has 1 heterocycles. The van der Waals surface area contributed by atoms with Gasteiger partial charge in [0, 0.05) is 5.69 Å².